The molecule has 0 bridgehead atoms. The molecule has 0 saturated heterocycles. The number of aromatic carboxylic acids is 1. The molecule has 27 heavy (non-hydrogen) atoms. The second-order valence-electron chi connectivity index (χ2n) is 5.44. The summed E-state index contributed by atoms with van der Waals surface area (Å²) in [7, 11) is -3.87. The molecule has 0 fully saturated rings. The summed E-state index contributed by atoms with van der Waals surface area (Å²) in [4.78, 5) is 21.9. The molecule has 1 N–H and O–H groups in total. The average Bonchev–Trinajstić information content (AvgIpc) is 3.03. The lowest BCUT2D eigenvalue weighted by molar-refractivity contribution is -0.141. The van der Waals surface area contributed by atoms with Crippen molar-refractivity contribution in [2.45, 2.75) is 18.0 Å². The minimum atomic E-state index is -4.66. The molecule has 3 aromatic heterocycles. The van der Waals surface area contributed by atoms with E-state index in [1.807, 2.05) is 0 Å². The molecule has 3 rings (SSSR count). The van der Waals surface area contributed by atoms with Gasteiger partial charge in [0, 0.05) is 18.5 Å². The highest BCUT2D eigenvalue weighted by Gasteiger charge is 2.33. The van der Waals surface area contributed by atoms with Gasteiger partial charge in [-0.3, -0.25) is 9.38 Å². The number of fused-ring (bicyclic) bond motifs is 1. The van der Waals surface area contributed by atoms with Crippen molar-refractivity contribution >= 4 is 21.5 Å². The van der Waals surface area contributed by atoms with E-state index in [-0.39, 0.29) is 33.2 Å². The van der Waals surface area contributed by atoms with E-state index >= 15 is 0 Å². The first-order valence-electron chi connectivity index (χ1n) is 7.41. The first-order chi connectivity index (χ1) is 12.5. The Morgan fingerprint density at radius 3 is 2.56 bits per heavy atom. The first kappa shape index (κ1) is 18.8. The van der Waals surface area contributed by atoms with E-state index in [0.29, 0.717) is 6.07 Å². The average molecular weight is 400 g/mol. The number of hydrogen-bond acceptors (Lipinski definition) is 6. The van der Waals surface area contributed by atoms with Gasteiger partial charge in [-0.05, 0) is 6.07 Å². The number of nitrogens with zero attached hydrogens (tertiary/aromatic N) is 4. The third-order valence-electron chi connectivity index (χ3n) is 3.70. The molecule has 142 valence electrons. The maximum Gasteiger partial charge on any atom is 0.433 e. The SMILES string of the molecule is CCS(=O)(=O)c1cc(C(=O)O)cnc1-c1cn2cnc(C(F)(F)F)cc2n1. The zero-order valence-electron chi connectivity index (χ0n) is 13.6. The minimum Gasteiger partial charge on any atom is -0.478 e. The van der Waals surface area contributed by atoms with Crippen molar-refractivity contribution in [3.63, 3.8) is 0 Å². The minimum absolute atomic E-state index is 0.0277. The molecule has 0 atom stereocenters. The fraction of sp³-hybridized carbons (Fsp3) is 0.200. The maximum atomic E-state index is 12.8. The summed E-state index contributed by atoms with van der Waals surface area (Å²) in [6, 6.07) is 1.66. The summed E-state index contributed by atoms with van der Waals surface area (Å²) >= 11 is 0. The van der Waals surface area contributed by atoms with Crippen LogP contribution in [0.2, 0.25) is 0 Å². The summed E-state index contributed by atoms with van der Waals surface area (Å²) in [5, 5.41) is 9.06. The van der Waals surface area contributed by atoms with E-state index < -0.39 is 27.7 Å². The topological polar surface area (TPSA) is 115 Å². The molecule has 3 heterocycles. The van der Waals surface area contributed by atoms with Crippen molar-refractivity contribution < 1.29 is 31.5 Å². The molecule has 0 aromatic carbocycles. The van der Waals surface area contributed by atoms with Gasteiger partial charge in [0.05, 0.1) is 16.2 Å². The Hall–Kier alpha value is -3.02. The number of pyridine rings is 1. The molecule has 0 unspecified atom stereocenters. The summed E-state index contributed by atoms with van der Waals surface area (Å²) in [5.41, 5.74) is -1.78. The number of carboxylic acid groups (broad SMARTS) is 1. The predicted octanol–water partition coefficient (Wildman–Crippen LogP) is 2.30. The third-order valence-corrected chi connectivity index (χ3v) is 5.44. The van der Waals surface area contributed by atoms with E-state index in [0.717, 1.165) is 18.6 Å². The molecule has 0 amide bonds. The number of halogens is 3. The van der Waals surface area contributed by atoms with E-state index in [1.165, 1.54) is 17.5 Å². The van der Waals surface area contributed by atoms with E-state index in [4.69, 9.17) is 5.11 Å². The van der Waals surface area contributed by atoms with Gasteiger partial charge < -0.3 is 5.11 Å². The van der Waals surface area contributed by atoms with Crippen LogP contribution in [-0.2, 0) is 16.0 Å². The highest BCUT2D eigenvalue weighted by molar-refractivity contribution is 7.91. The van der Waals surface area contributed by atoms with E-state index in [1.54, 1.807) is 0 Å². The van der Waals surface area contributed by atoms with Gasteiger partial charge in [-0.15, -0.1) is 0 Å². The van der Waals surface area contributed by atoms with Crippen molar-refractivity contribution in [1.29, 1.82) is 0 Å². The normalized spacial score (nSPS) is 12.4. The summed E-state index contributed by atoms with van der Waals surface area (Å²) in [6.45, 7) is 1.37. The quantitative estimate of drug-likeness (QED) is 0.715. The van der Waals surface area contributed by atoms with Gasteiger partial charge in [0.2, 0.25) is 0 Å². The lowest BCUT2D eigenvalue weighted by Gasteiger charge is -2.07. The fourth-order valence-electron chi connectivity index (χ4n) is 2.31. The Morgan fingerprint density at radius 2 is 1.96 bits per heavy atom. The summed E-state index contributed by atoms with van der Waals surface area (Å²) < 4.78 is 64.2. The van der Waals surface area contributed by atoms with Crippen molar-refractivity contribution in [3.8, 4) is 11.4 Å². The van der Waals surface area contributed by atoms with Gasteiger partial charge in [-0.25, -0.2) is 23.2 Å². The maximum absolute atomic E-state index is 12.8. The molecule has 0 aliphatic carbocycles. The summed E-state index contributed by atoms with van der Waals surface area (Å²) in [5.74, 6) is -1.69. The molecule has 0 aliphatic rings. The van der Waals surface area contributed by atoms with Gasteiger partial charge >= 0.3 is 12.1 Å². The molecule has 0 radical (unpaired) electrons. The predicted molar refractivity (Wildman–Crippen MR) is 85.9 cm³/mol. The molecular weight excluding hydrogens is 389 g/mol. The number of imidazole rings is 1. The monoisotopic (exact) mass is 400 g/mol. The van der Waals surface area contributed by atoms with Crippen LogP contribution in [0.5, 0.6) is 0 Å². The van der Waals surface area contributed by atoms with Crippen molar-refractivity contribution in [3.05, 3.63) is 42.1 Å². The smallest absolute Gasteiger partial charge is 0.433 e. The molecular formula is C15H11F3N4O4S. The number of aromatic nitrogens is 4. The number of hydrogen-bond donors (Lipinski definition) is 1. The zero-order valence-corrected chi connectivity index (χ0v) is 14.4. The van der Waals surface area contributed by atoms with Gasteiger partial charge in [0.15, 0.2) is 9.84 Å². The Labute approximate surface area is 150 Å². The van der Waals surface area contributed by atoms with Crippen LogP contribution in [0.4, 0.5) is 13.2 Å². The number of carbonyl (C=O) groups is 1. The zero-order chi connectivity index (χ0) is 20.0. The Bertz CT molecular complexity index is 1160. The number of carboxylic acids is 1. The number of sulfone groups is 1. The highest BCUT2D eigenvalue weighted by Crippen LogP contribution is 2.30. The molecule has 0 spiro atoms. The van der Waals surface area contributed by atoms with Crippen molar-refractivity contribution in [1.82, 2.24) is 19.4 Å². The van der Waals surface area contributed by atoms with Crippen molar-refractivity contribution in [2.75, 3.05) is 5.75 Å². The second kappa shape index (κ2) is 6.30. The molecule has 0 saturated carbocycles. The van der Waals surface area contributed by atoms with Crippen molar-refractivity contribution in [2.24, 2.45) is 0 Å². The van der Waals surface area contributed by atoms with Crippen LogP contribution < -0.4 is 0 Å². The number of alkyl halides is 3. The Morgan fingerprint density at radius 1 is 1.26 bits per heavy atom. The van der Waals surface area contributed by atoms with Gasteiger partial charge in [-0.2, -0.15) is 13.2 Å². The lowest BCUT2D eigenvalue weighted by Crippen LogP contribution is -2.09. The van der Waals surface area contributed by atoms with Gasteiger partial charge in [0.1, 0.15) is 29.1 Å². The Kier molecular flexibility index (Phi) is 4.38. The third kappa shape index (κ3) is 3.47. The second-order valence-corrected chi connectivity index (χ2v) is 7.69. The molecule has 12 heteroatoms. The summed E-state index contributed by atoms with van der Waals surface area (Å²) in [6.07, 6.45) is -1.55. The standard InChI is InChI=1S/C15H11F3N4O4S/c1-2-27(25,26)10-3-8(14(23)24)5-19-13(10)9-6-22-7-20-11(15(16,17)18)4-12(22)21-9/h3-7H,2H2,1H3,(H,23,24). The Balaban J connectivity index is 2.22. The molecule has 8 nitrogen and oxygen atoms in total. The molecule has 0 aliphatic heterocycles. The first-order valence-corrected chi connectivity index (χ1v) is 9.06. The lowest BCUT2D eigenvalue weighted by atomic mass is 10.2. The van der Waals surface area contributed by atoms with Crippen LogP contribution in [0.3, 0.4) is 0 Å². The van der Waals surface area contributed by atoms with Crippen LogP contribution >= 0.6 is 0 Å². The van der Waals surface area contributed by atoms with E-state index in [9.17, 15) is 26.4 Å². The van der Waals surface area contributed by atoms with Crippen LogP contribution in [0.15, 0.2) is 35.7 Å². The fourth-order valence-corrected chi connectivity index (χ4v) is 3.38. The largest absolute Gasteiger partial charge is 0.478 e. The van der Waals surface area contributed by atoms with Crippen LogP contribution in [0.25, 0.3) is 17.0 Å². The van der Waals surface area contributed by atoms with Gasteiger partial charge in [0.25, 0.3) is 0 Å². The van der Waals surface area contributed by atoms with Crippen LogP contribution in [-0.4, -0.2) is 44.6 Å². The highest BCUT2D eigenvalue weighted by atomic mass is 32.2. The number of rotatable bonds is 4. The van der Waals surface area contributed by atoms with E-state index in [2.05, 4.69) is 15.0 Å². The van der Waals surface area contributed by atoms with Crippen LogP contribution in [0, 0.1) is 0 Å². The molecule has 3 aromatic rings. The van der Waals surface area contributed by atoms with Crippen LogP contribution in [0.1, 0.15) is 23.0 Å². The van der Waals surface area contributed by atoms with Gasteiger partial charge in [-0.1, -0.05) is 6.92 Å².